The third-order valence-electron chi connectivity index (χ3n) is 2.76. The standard InChI is InChI=1S/C13H14N4O3S/c1-9(13(19)20-2)16-11(18)7-17-5-3-10(4-6-17)12-14-8-15-21-12/h3-6,8-9H,7H2,1-2H3/p+1. The summed E-state index contributed by atoms with van der Waals surface area (Å²) in [4.78, 5) is 27.1. The Kier molecular flexibility index (Phi) is 4.94. The highest BCUT2D eigenvalue weighted by molar-refractivity contribution is 7.09. The molecule has 0 saturated heterocycles. The van der Waals surface area contributed by atoms with Gasteiger partial charge < -0.3 is 10.1 Å². The fraction of sp³-hybridized carbons (Fsp3) is 0.308. The predicted octanol–water partition coefficient (Wildman–Crippen LogP) is 0.170. The Morgan fingerprint density at radius 1 is 1.43 bits per heavy atom. The van der Waals surface area contributed by atoms with Crippen molar-refractivity contribution in [2.24, 2.45) is 0 Å². The monoisotopic (exact) mass is 307 g/mol. The molecule has 0 spiro atoms. The minimum atomic E-state index is -0.663. The molecule has 7 nitrogen and oxygen atoms in total. The lowest BCUT2D eigenvalue weighted by molar-refractivity contribution is -0.684. The number of esters is 1. The van der Waals surface area contributed by atoms with E-state index in [9.17, 15) is 9.59 Å². The number of nitrogens with zero attached hydrogens (tertiary/aromatic N) is 3. The molecule has 0 aliphatic heterocycles. The highest BCUT2D eigenvalue weighted by Gasteiger charge is 2.18. The van der Waals surface area contributed by atoms with Crippen LogP contribution >= 0.6 is 11.5 Å². The summed E-state index contributed by atoms with van der Waals surface area (Å²) in [5.41, 5.74) is 0.942. The predicted molar refractivity (Wildman–Crippen MR) is 75.2 cm³/mol. The van der Waals surface area contributed by atoms with Crippen LogP contribution in [-0.4, -0.2) is 34.4 Å². The van der Waals surface area contributed by atoms with Crippen LogP contribution in [0.5, 0.6) is 0 Å². The van der Waals surface area contributed by atoms with E-state index in [0.29, 0.717) is 0 Å². The fourth-order valence-corrected chi connectivity index (χ4v) is 2.22. The zero-order valence-electron chi connectivity index (χ0n) is 11.6. The highest BCUT2D eigenvalue weighted by atomic mass is 32.1. The number of ether oxygens (including phenoxy) is 1. The van der Waals surface area contributed by atoms with Crippen molar-refractivity contribution in [2.45, 2.75) is 19.5 Å². The fourth-order valence-electron chi connectivity index (χ4n) is 1.69. The van der Waals surface area contributed by atoms with E-state index in [1.54, 1.807) is 23.9 Å². The maximum absolute atomic E-state index is 11.8. The molecule has 0 fully saturated rings. The Balaban J connectivity index is 1.94. The molecule has 0 radical (unpaired) electrons. The van der Waals surface area contributed by atoms with Gasteiger partial charge in [-0.1, -0.05) is 0 Å². The molecular weight excluding hydrogens is 292 g/mol. The zero-order chi connectivity index (χ0) is 15.2. The number of methoxy groups -OCH3 is 1. The van der Waals surface area contributed by atoms with Crippen LogP contribution in [0, 0.1) is 0 Å². The topological polar surface area (TPSA) is 85.1 Å². The molecule has 8 heteroatoms. The molecule has 2 aromatic heterocycles. The molecule has 1 amide bonds. The second-order valence-electron chi connectivity index (χ2n) is 4.32. The van der Waals surface area contributed by atoms with Crippen molar-refractivity contribution in [3.05, 3.63) is 30.9 Å². The largest absolute Gasteiger partial charge is 0.467 e. The van der Waals surface area contributed by atoms with Crippen molar-refractivity contribution in [3.8, 4) is 10.6 Å². The maximum Gasteiger partial charge on any atom is 0.328 e. The quantitative estimate of drug-likeness (QED) is 0.629. The maximum atomic E-state index is 11.8. The number of aromatic nitrogens is 3. The number of hydrogen-bond acceptors (Lipinski definition) is 6. The van der Waals surface area contributed by atoms with Gasteiger partial charge in [0.1, 0.15) is 17.4 Å². The summed E-state index contributed by atoms with van der Waals surface area (Å²) in [5, 5.41) is 3.39. The van der Waals surface area contributed by atoms with Crippen LogP contribution in [0.25, 0.3) is 10.6 Å². The van der Waals surface area contributed by atoms with Gasteiger partial charge in [0.25, 0.3) is 5.91 Å². The Morgan fingerprint density at radius 2 is 2.14 bits per heavy atom. The molecule has 1 unspecified atom stereocenters. The molecule has 1 N–H and O–H groups in total. The van der Waals surface area contributed by atoms with E-state index in [1.165, 1.54) is 25.0 Å². The number of carbonyl (C=O) groups excluding carboxylic acids is 2. The van der Waals surface area contributed by atoms with Crippen LogP contribution in [0.1, 0.15) is 6.92 Å². The van der Waals surface area contributed by atoms with E-state index in [0.717, 1.165) is 10.6 Å². The number of nitrogens with one attached hydrogen (secondary N) is 1. The molecule has 2 rings (SSSR count). The first kappa shape index (κ1) is 15.0. The zero-order valence-corrected chi connectivity index (χ0v) is 12.5. The van der Waals surface area contributed by atoms with Crippen LogP contribution in [0.3, 0.4) is 0 Å². The first-order valence-electron chi connectivity index (χ1n) is 6.23. The third-order valence-corrected chi connectivity index (χ3v) is 3.47. The van der Waals surface area contributed by atoms with Crippen molar-refractivity contribution in [3.63, 3.8) is 0 Å². The van der Waals surface area contributed by atoms with Crippen LogP contribution in [0.4, 0.5) is 0 Å². The van der Waals surface area contributed by atoms with E-state index in [1.807, 2.05) is 12.1 Å². The number of amides is 1. The normalized spacial score (nSPS) is 11.7. The Bertz CT molecular complexity index is 613. The Hall–Kier alpha value is -2.35. The van der Waals surface area contributed by atoms with Crippen LogP contribution in [0.15, 0.2) is 30.9 Å². The Morgan fingerprint density at radius 3 is 2.71 bits per heavy atom. The van der Waals surface area contributed by atoms with Gasteiger partial charge in [0.05, 0.1) is 7.11 Å². The van der Waals surface area contributed by atoms with Crippen LogP contribution in [0.2, 0.25) is 0 Å². The molecule has 1 atom stereocenters. The van der Waals surface area contributed by atoms with Crippen LogP contribution < -0.4 is 9.88 Å². The number of carbonyl (C=O) groups is 2. The van der Waals surface area contributed by atoms with Crippen molar-refractivity contribution >= 4 is 23.4 Å². The van der Waals surface area contributed by atoms with Gasteiger partial charge in [-0.15, -0.1) is 0 Å². The molecule has 0 saturated carbocycles. The minimum Gasteiger partial charge on any atom is -0.467 e. The summed E-state index contributed by atoms with van der Waals surface area (Å²) in [5.74, 6) is -0.735. The third kappa shape index (κ3) is 4.06. The van der Waals surface area contributed by atoms with E-state index >= 15 is 0 Å². The van der Waals surface area contributed by atoms with Gasteiger partial charge >= 0.3 is 5.97 Å². The molecule has 0 aliphatic rings. The summed E-state index contributed by atoms with van der Waals surface area (Å²) >= 11 is 1.31. The van der Waals surface area contributed by atoms with E-state index in [4.69, 9.17) is 0 Å². The lowest BCUT2D eigenvalue weighted by Crippen LogP contribution is -2.47. The van der Waals surface area contributed by atoms with Gasteiger partial charge in [0.15, 0.2) is 12.4 Å². The summed E-state index contributed by atoms with van der Waals surface area (Å²) < 4.78 is 10.2. The first-order valence-corrected chi connectivity index (χ1v) is 7.01. The van der Waals surface area contributed by atoms with Gasteiger partial charge in [0.2, 0.25) is 6.54 Å². The molecular formula is C13H15N4O3S+. The van der Waals surface area contributed by atoms with Crippen LogP contribution in [-0.2, 0) is 20.9 Å². The van der Waals surface area contributed by atoms with Gasteiger partial charge in [-0.2, -0.15) is 8.94 Å². The summed E-state index contributed by atoms with van der Waals surface area (Å²) in [7, 11) is 1.28. The lowest BCUT2D eigenvalue weighted by atomic mass is 10.3. The van der Waals surface area contributed by atoms with Gasteiger partial charge in [-0.3, -0.25) is 4.79 Å². The summed E-state index contributed by atoms with van der Waals surface area (Å²) in [6.07, 6.45) is 5.06. The van der Waals surface area contributed by atoms with E-state index < -0.39 is 12.0 Å². The van der Waals surface area contributed by atoms with E-state index in [2.05, 4.69) is 19.4 Å². The Labute approximate surface area is 125 Å². The number of hydrogen-bond donors (Lipinski definition) is 1. The van der Waals surface area contributed by atoms with Gasteiger partial charge in [0, 0.05) is 17.7 Å². The van der Waals surface area contributed by atoms with Crippen molar-refractivity contribution in [1.29, 1.82) is 0 Å². The molecule has 2 heterocycles. The molecule has 0 aromatic carbocycles. The second-order valence-corrected chi connectivity index (χ2v) is 5.10. The number of pyridine rings is 1. The first-order chi connectivity index (χ1) is 10.1. The SMILES string of the molecule is COC(=O)C(C)NC(=O)C[n+]1ccc(-c2ncns2)cc1. The minimum absolute atomic E-state index is 0.123. The summed E-state index contributed by atoms with van der Waals surface area (Å²) in [6, 6.07) is 3.05. The molecule has 0 aliphatic carbocycles. The van der Waals surface area contributed by atoms with Gasteiger partial charge in [-0.05, 0) is 18.5 Å². The van der Waals surface area contributed by atoms with Crippen molar-refractivity contribution in [1.82, 2.24) is 14.7 Å². The lowest BCUT2D eigenvalue weighted by Gasteiger charge is -2.09. The average molecular weight is 307 g/mol. The highest BCUT2D eigenvalue weighted by Crippen LogP contribution is 2.17. The second kappa shape index (κ2) is 6.89. The van der Waals surface area contributed by atoms with Crippen molar-refractivity contribution in [2.75, 3.05) is 7.11 Å². The van der Waals surface area contributed by atoms with E-state index in [-0.39, 0.29) is 12.5 Å². The molecule has 110 valence electrons. The van der Waals surface area contributed by atoms with Gasteiger partial charge in [-0.25, -0.2) is 9.78 Å². The summed E-state index contributed by atoms with van der Waals surface area (Å²) in [6.45, 7) is 1.70. The number of rotatable bonds is 5. The average Bonchev–Trinajstić information content (AvgIpc) is 3.01. The molecule has 0 bridgehead atoms. The van der Waals surface area contributed by atoms with Crippen molar-refractivity contribution < 1.29 is 18.9 Å². The molecule has 21 heavy (non-hydrogen) atoms. The molecule has 2 aromatic rings. The smallest absolute Gasteiger partial charge is 0.328 e.